The van der Waals surface area contributed by atoms with E-state index in [0.29, 0.717) is 6.42 Å². The van der Waals surface area contributed by atoms with Gasteiger partial charge < -0.3 is 4.90 Å². The van der Waals surface area contributed by atoms with E-state index in [0.717, 1.165) is 28.9 Å². The molecule has 0 bridgehead atoms. The minimum absolute atomic E-state index is 0.159. The molecule has 0 aliphatic carbocycles. The van der Waals surface area contributed by atoms with Crippen molar-refractivity contribution in [3.05, 3.63) is 21.8 Å². The zero-order valence-electron chi connectivity index (χ0n) is 7.61. The molecule has 1 aliphatic rings. The zero-order valence-corrected chi connectivity index (χ0v) is 9.77. The Kier molecular flexibility index (Phi) is 2.95. The van der Waals surface area contributed by atoms with Crippen molar-refractivity contribution in [2.24, 2.45) is 0 Å². The van der Waals surface area contributed by atoms with E-state index in [4.69, 9.17) is 0 Å². The first-order valence-electron chi connectivity index (χ1n) is 4.50. The van der Waals surface area contributed by atoms with Crippen molar-refractivity contribution in [1.82, 2.24) is 14.9 Å². The topological polar surface area (TPSA) is 46.1 Å². The van der Waals surface area contributed by atoms with E-state index in [9.17, 15) is 4.79 Å². The maximum Gasteiger partial charge on any atom is 0.228 e. The number of carbonyl (C=O) groups is 1. The second kappa shape index (κ2) is 4.20. The first kappa shape index (κ1) is 9.82. The molecule has 0 aromatic carbocycles. The summed E-state index contributed by atoms with van der Waals surface area (Å²) in [5, 5.41) is 0. The second-order valence-electron chi connectivity index (χ2n) is 3.24. The van der Waals surface area contributed by atoms with Crippen LogP contribution in [0.25, 0.3) is 0 Å². The standard InChI is InChI=1S/C9H10IN3O/c10-8-6-11-7(5-12-8)4-9(14)13-2-1-3-13/h5-6H,1-4H2. The molecule has 1 fully saturated rings. The van der Waals surface area contributed by atoms with Gasteiger partial charge in [0, 0.05) is 13.1 Å². The normalized spacial score (nSPS) is 15.1. The predicted molar refractivity (Wildman–Crippen MR) is 59.7 cm³/mol. The molecule has 5 heteroatoms. The molecule has 14 heavy (non-hydrogen) atoms. The summed E-state index contributed by atoms with van der Waals surface area (Å²) in [6.45, 7) is 1.80. The van der Waals surface area contributed by atoms with Gasteiger partial charge in [-0.2, -0.15) is 0 Å². The molecule has 1 aromatic heterocycles. The number of nitrogens with zero attached hydrogens (tertiary/aromatic N) is 3. The first-order chi connectivity index (χ1) is 6.75. The summed E-state index contributed by atoms with van der Waals surface area (Å²) in [6, 6.07) is 0. The number of amides is 1. The Labute approximate surface area is 95.9 Å². The van der Waals surface area contributed by atoms with E-state index in [1.54, 1.807) is 12.4 Å². The van der Waals surface area contributed by atoms with E-state index >= 15 is 0 Å². The van der Waals surface area contributed by atoms with E-state index < -0.39 is 0 Å². The van der Waals surface area contributed by atoms with Crippen LogP contribution < -0.4 is 0 Å². The maximum atomic E-state index is 11.5. The van der Waals surface area contributed by atoms with Crippen LogP contribution in [-0.2, 0) is 11.2 Å². The molecule has 1 amide bonds. The van der Waals surface area contributed by atoms with Gasteiger partial charge in [0.05, 0.1) is 24.5 Å². The lowest BCUT2D eigenvalue weighted by atomic mass is 10.2. The highest BCUT2D eigenvalue weighted by Crippen LogP contribution is 2.08. The highest BCUT2D eigenvalue weighted by molar-refractivity contribution is 14.1. The third-order valence-corrected chi connectivity index (χ3v) is 2.77. The fourth-order valence-electron chi connectivity index (χ4n) is 1.26. The molecular formula is C9H10IN3O. The minimum Gasteiger partial charge on any atom is -0.342 e. The molecule has 2 heterocycles. The Bertz CT molecular complexity index is 334. The molecule has 0 unspecified atom stereocenters. The lowest BCUT2D eigenvalue weighted by Gasteiger charge is -2.30. The number of rotatable bonds is 2. The van der Waals surface area contributed by atoms with E-state index in [2.05, 4.69) is 32.6 Å². The average Bonchev–Trinajstić information content (AvgIpc) is 2.06. The van der Waals surface area contributed by atoms with Gasteiger partial charge in [-0.3, -0.25) is 9.78 Å². The van der Waals surface area contributed by atoms with Gasteiger partial charge in [0.25, 0.3) is 0 Å². The second-order valence-corrected chi connectivity index (χ2v) is 4.35. The van der Waals surface area contributed by atoms with Crippen molar-refractivity contribution in [1.29, 1.82) is 0 Å². The Morgan fingerprint density at radius 3 is 2.71 bits per heavy atom. The number of hydrogen-bond acceptors (Lipinski definition) is 3. The summed E-state index contributed by atoms with van der Waals surface area (Å²) in [5.74, 6) is 0.159. The smallest absolute Gasteiger partial charge is 0.228 e. The van der Waals surface area contributed by atoms with Crippen LogP contribution in [-0.4, -0.2) is 33.9 Å². The Morgan fingerprint density at radius 2 is 2.21 bits per heavy atom. The lowest BCUT2D eigenvalue weighted by molar-refractivity contribution is -0.133. The predicted octanol–water partition coefficient (Wildman–Crippen LogP) is 0.856. The van der Waals surface area contributed by atoms with Crippen LogP contribution in [0.1, 0.15) is 12.1 Å². The summed E-state index contributed by atoms with van der Waals surface area (Å²) in [7, 11) is 0. The summed E-state index contributed by atoms with van der Waals surface area (Å²) in [4.78, 5) is 21.6. The quantitative estimate of drug-likeness (QED) is 0.761. The molecule has 0 saturated carbocycles. The fourth-order valence-corrected chi connectivity index (χ4v) is 1.54. The van der Waals surface area contributed by atoms with Crippen molar-refractivity contribution < 1.29 is 4.79 Å². The Hall–Kier alpha value is -0.720. The molecule has 0 atom stereocenters. The molecule has 1 saturated heterocycles. The monoisotopic (exact) mass is 303 g/mol. The van der Waals surface area contributed by atoms with Gasteiger partial charge >= 0.3 is 0 Å². The summed E-state index contributed by atoms with van der Waals surface area (Å²) in [6.07, 6.45) is 4.85. The van der Waals surface area contributed by atoms with Gasteiger partial charge in [0.2, 0.25) is 5.91 Å². The average molecular weight is 303 g/mol. The molecular weight excluding hydrogens is 293 g/mol. The lowest BCUT2D eigenvalue weighted by Crippen LogP contribution is -2.42. The van der Waals surface area contributed by atoms with Gasteiger partial charge in [-0.1, -0.05) is 0 Å². The highest BCUT2D eigenvalue weighted by atomic mass is 127. The van der Waals surface area contributed by atoms with Crippen molar-refractivity contribution in [2.75, 3.05) is 13.1 Å². The van der Waals surface area contributed by atoms with Crippen molar-refractivity contribution >= 4 is 28.5 Å². The number of likely N-dealkylation sites (tertiary alicyclic amines) is 1. The molecule has 0 N–H and O–H groups in total. The highest BCUT2D eigenvalue weighted by Gasteiger charge is 2.20. The van der Waals surface area contributed by atoms with Crippen molar-refractivity contribution in [3.8, 4) is 0 Å². The molecule has 2 rings (SSSR count). The molecule has 1 aromatic rings. The third-order valence-electron chi connectivity index (χ3n) is 2.21. The summed E-state index contributed by atoms with van der Waals surface area (Å²) in [5.41, 5.74) is 0.752. The molecule has 74 valence electrons. The van der Waals surface area contributed by atoms with E-state index in [1.807, 2.05) is 4.90 Å². The van der Waals surface area contributed by atoms with Crippen LogP contribution in [0, 0.1) is 3.70 Å². The molecule has 0 spiro atoms. The number of carbonyl (C=O) groups excluding carboxylic acids is 1. The zero-order chi connectivity index (χ0) is 9.97. The molecule has 4 nitrogen and oxygen atoms in total. The number of halogens is 1. The van der Waals surface area contributed by atoms with Gasteiger partial charge in [-0.25, -0.2) is 4.98 Å². The molecule has 0 radical (unpaired) electrons. The van der Waals surface area contributed by atoms with Crippen LogP contribution in [0.15, 0.2) is 12.4 Å². The van der Waals surface area contributed by atoms with Crippen LogP contribution in [0.4, 0.5) is 0 Å². The van der Waals surface area contributed by atoms with E-state index in [-0.39, 0.29) is 5.91 Å². The maximum absolute atomic E-state index is 11.5. The van der Waals surface area contributed by atoms with Crippen LogP contribution in [0.3, 0.4) is 0 Å². The largest absolute Gasteiger partial charge is 0.342 e. The molecule has 1 aliphatic heterocycles. The van der Waals surface area contributed by atoms with Gasteiger partial charge in [-0.15, -0.1) is 0 Å². The van der Waals surface area contributed by atoms with Crippen LogP contribution in [0.5, 0.6) is 0 Å². The minimum atomic E-state index is 0.159. The van der Waals surface area contributed by atoms with Gasteiger partial charge in [-0.05, 0) is 29.0 Å². The SMILES string of the molecule is O=C(Cc1cnc(I)cn1)N1CCC1. The van der Waals surface area contributed by atoms with Crippen molar-refractivity contribution in [3.63, 3.8) is 0 Å². The Balaban J connectivity index is 1.96. The first-order valence-corrected chi connectivity index (χ1v) is 5.58. The van der Waals surface area contributed by atoms with Gasteiger partial charge in [0.15, 0.2) is 0 Å². The summed E-state index contributed by atoms with van der Waals surface area (Å²) >= 11 is 2.09. The summed E-state index contributed by atoms with van der Waals surface area (Å²) < 4.78 is 0.850. The Morgan fingerprint density at radius 1 is 1.43 bits per heavy atom. The number of aromatic nitrogens is 2. The van der Waals surface area contributed by atoms with Gasteiger partial charge in [0.1, 0.15) is 3.70 Å². The van der Waals surface area contributed by atoms with Crippen LogP contribution >= 0.6 is 22.6 Å². The van der Waals surface area contributed by atoms with E-state index in [1.165, 1.54) is 0 Å². The van der Waals surface area contributed by atoms with Crippen molar-refractivity contribution in [2.45, 2.75) is 12.8 Å². The number of hydrogen-bond donors (Lipinski definition) is 0. The van der Waals surface area contributed by atoms with Crippen LogP contribution in [0.2, 0.25) is 0 Å². The fraction of sp³-hybridized carbons (Fsp3) is 0.444. The third kappa shape index (κ3) is 2.20.